The minimum Gasteiger partial charge on any atom is -1.00 e. The third-order valence-corrected chi connectivity index (χ3v) is 4.77. The number of aromatic nitrogens is 1. The van der Waals surface area contributed by atoms with E-state index in [1.807, 2.05) is 42.9 Å². The van der Waals surface area contributed by atoms with Crippen LogP contribution in [0, 0.1) is 0 Å². The molecule has 0 amide bonds. The monoisotopic (exact) mass is 415 g/mol. The van der Waals surface area contributed by atoms with Gasteiger partial charge in [0.25, 0.3) is 0 Å². The zero-order chi connectivity index (χ0) is 16.5. The summed E-state index contributed by atoms with van der Waals surface area (Å²) in [5.74, 6) is 1.07. The SMILES string of the molecule is CN1N(c2ccccc2)N(c2nccs2)C(c2ccccc2)=[N+]1C.[Br-]. The fourth-order valence-corrected chi connectivity index (χ4v) is 3.48. The summed E-state index contributed by atoms with van der Waals surface area (Å²) in [6, 6.07) is 20.7. The molecule has 0 fully saturated rings. The first kappa shape index (κ1) is 17.4. The number of thiazole rings is 1. The molecule has 1 aromatic heterocycles. The molecule has 7 heteroatoms. The highest BCUT2D eigenvalue weighted by molar-refractivity contribution is 7.13. The number of rotatable bonds is 3. The van der Waals surface area contributed by atoms with Gasteiger partial charge in [-0.2, -0.15) is 0 Å². The molecule has 3 aromatic rings. The zero-order valence-electron chi connectivity index (χ0n) is 14.0. The lowest BCUT2D eigenvalue weighted by atomic mass is 10.2. The average molecular weight is 416 g/mol. The fourth-order valence-electron chi connectivity index (χ4n) is 2.85. The standard InChI is InChI=1S/C18H18N5S.BrH/c1-20-17(15-9-5-3-6-10-15)22(18-19-13-14-24-18)23(21(20)2)16-11-7-4-8-12-16;/h3-14H,1-2H3;1H/q+1;/p-1. The first-order chi connectivity index (χ1) is 11.8. The molecule has 1 aliphatic rings. The van der Waals surface area contributed by atoms with Gasteiger partial charge in [-0.15, -0.1) is 9.80 Å². The summed E-state index contributed by atoms with van der Waals surface area (Å²) in [5, 5.41) is 9.28. The normalized spacial score (nSPS) is 14.1. The van der Waals surface area contributed by atoms with E-state index in [0.29, 0.717) is 0 Å². The molecule has 0 N–H and O–H groups in total. The Morgan fingerprint density at radius 2 is 1.60 bits per heavy atom. The molecule has 25 heavy (non-hydrogen) atoms. The van der Waals surface area contributed by atoms with Crippen LogP contribution in [0.15, 0.2) is 72.2 Å². The first-order valence-electron chi connectivity index (χ1n) is 7.72. The van der Waals surface area contributed by atoms with E-state index < -0.39 is 0 Å². The van der Waals surface area contributed by atoms with Gasteiger partial charge in [-0.05, 0) is 24.3 Å². The molecule has 0 unspecified atom stereocenters. The van der Waals surface area contributed by atoms with E-state index in [9.17, 15) is 0 Å². The van der Waals surface area contributed by atoms with Gasteiger partial charge in [-0.3, -0.25) is 0 Å². The van der Waals surface area contributed by atoms with Gasteiger partial charge in [0, 0.05) is 11.6 Å². The summed E-state index contributed by atoms with van der Waals surface area (Å²) in [6.07, 6.45) is 1.84. The van der Waals surface area contributed by atoms with E-state index in [2.05, 4.69) is 68.4 Å². The third-order valence-electron chi connectivity index (χ3n) is 4.02. The molecule has 5 nitrogen and oxygen atoms in total. The van der Waals surface area contributed by atoms with Crippen LogP contribution in [0.3, 0.4) is 0 Å². The number of anilines is 2. The molecule has 2 aromatic carbocycles. The number of benzene rings is 2. The van der Waals surface area contributed by atoms with Gasteiger partial charge in [0.05, 0.1) is 12.6 Å². The second-order valence-electron chi connectivity index (χ2n) is 5.45. The Morgan fingerprint density at radius 3 is 2.20 bits per heavy atom. The molecule has 0 atom stereocenters. The van der Waals surface area contributed by atoms with Crippen LogP contribution in [0.5, 0.6) is 0 Å². The molecule has 0 aliphatic carbocycles. The number of halogens is 1. The molecular weight excluding hydrogens is 398 g/mol. The van der Waals surface area contributed by atoms with Crippen molar-refractivity contribution < 1.29 is 21.7 Å². The fraction of sp³-hybridized carbons (Fsp3) is 0.111. The largest absolute Gasteiger partial charge is 1.00 e. The Labute approximate surface area is 161 Å². The topological polar surface area (TPSA) is 25.6 Å². The van der Waals surface area contributed by atoms with Crippen LogP contribution in [0.4, 0.5) is 10.8 Å². The lowest BCUT2D eigenvalue weighted by Crippen LogP contribution is -3.00. The summed E-state index contributed by atoms with van der Waals surface area (Å²) in [6.45, 7) is 0. The van der Waals surface area contributed by atoms with E-state index >= 15 is 0 Å². The molecule has 0 bridgehead atoms. The Hall–Kier alpha value is -2.38. The average Bonchev–Trinajstić information content (AvgIpc) is 3.24. The van der Waals surface area contributed by atoms with Crippen molar-refractivity contribution in [1.82, 2.24) is 10.1 Å². The molecule has 1 aliphatic heterocycles. The number of hydrogen-bond donors (Lipinski definition) is 0. The van der Waals surface area contributed by atoms with E-state index in [0.717, 1.165) is 22.2 Å². The van der Waals surface area contributed by atoms with Gasteiger partial charge in [-0.25, -0.2) is 4.98 Å². The van der Waals surface area contributed by atoms with Crippen molar-refractivity contribution in [1.29, 1.82) is 0 Å². The Morgan fingerprint density at radius 1 is 0.960 bits per heavy atom. The summed E-state index contributed by atoms with van der Waals surface area (Å²) in [7, 11) is 4.11. The maximum Gasteiger partial charge on any atom is 0.336 e. The quantitative estimate of drug-likeness (QED) is 0.572. The molecule has 2 heterocycles. The Bertz CT molecular complexity index is 852. The maximum atomic E-state index is 4.55. The van der Waals surface area contributed by atoms with Gasteiger partial charge in [0.1, 0.15) is 12.7 Å². The zero-order valence-corrected chi connectivity index (χ0v) is 16.4. The number of hydrazone groups is 1. The summed E-state index contributed by atoms with van der Waals surface area (Å²) < 4.78 is 2.13. The molecule has 0 radical (unpaired) electrons. The first-order valence-corrected chi connectivity index (χ1v) is 8.59. The smallest absolute Gasteiger partial charge is 0.336 e. The number of para-hydroxylation sites is 1. The Balaban J connectivity index is 0.00000182. The van der Waals surface area contributed by atoms with Crippen molar-refractivity contribution in [2.45, 2.75) is 0 Å². The van der Waals surface area contributed by atoms with Gasteiger partial charge in [-0.1, -0.05) is 57.9 Å². The predicted octanol–water partition coefficient (Wildman–Crippen LogP) is 0.240. The summed E-state index contributed by atoms with van der Waals surface area (Å²) in [5.41, 5.74) is 2.22. The lowest BCUT2D eigenvalue weighted by molar-refractivity contribution is -0.654. The van der Waals surface area contributed by atoms with Crippen molar-refractivity contribution in [2.24, 2.45) is 0 Å². The number of hydrogen-bond acceptors (Lipinski definition) is 5. The highest BCUT2D eigenvalue weighted by Crippen LogP contribution is 2.31. The minimum atomic E-state index is 0. The third kappa shape index (κ3) is 3.01. The Kier molecular flexibility index (Phi) is 5.06. The van der Waals surface area contributed by atoms with Crippen molar-refractivity contribution >= 4 is 28.0 Å². The minimum absolute atomic E-state index is 0. The second kappa shape index (κ2) is 7.25. The molecule has 0 spiro atoms. The highest BCUT2D eigenvalue weighted by Gasteiger charge is 2.45. The van der Waals surface area contributed by atoms with E-state index in [-0.39, 0.29) is 17.0 Å². The van der Waals surface area contributed by atoms with Crippen LogP contribution in [-0.4, -0.2) is 34.7 Å². The van der Waals surface area contributed by atoms with Gasteiger partial charge >= 0.3 is 11.0 Å². The van der Waals surface area contributed by atoms with Crippen LogP contribution in [0.2, 0.25) is 0 Å². The van der Waals surface area contributed by atoms with Crippen LogP contribution >= 0.6 is 11.3 Å². The van der Waals surface area contributed by atoms with Gasteiger partial charge in [0.15, 0.2) is 0 Å². The predicted molar refractivity (Wildman–Crippen MR) is 98.0 cm³/mol. The summed E-state index contributed by atoms with van der Waals surface area (Å²) in [4.78, 5) is 4.55. The molecule has 128 valence electrons. The number of amidine groups is 1. The van der Waals surface area contributed by atoms with E-state index in [1.165, 1.54) is 0 Å². The van der Waals surface area contributed by atoms with Crippen LogP contribution in [0.25, 0.3) is 0 Å². The second-order valence-corrected chi connectivity index (χ2v) is 6.33. The highest BCUT2D eigenvalue weighted by atomic mass is 79.9. The van der Waals surface area contributed by atoms with Crippen LogP contribution < -0.4 is 27.1 Å². The van der Waals surface area contributed by atoms with Crippen molar-refractivity contribution in [3.63, 3.8) is 0 Å². The van der Waals surface area contributed by atoms with Crippen LogP contribution in [-0.2, 0) is 0 Å². The van der Waals surface area contributed by atoms with Crippen molar-refractivity contribution in [2.75, 3.05) is 24.2 Å². The van der Waals surface area contributed by atoms with E-state index in [4.69, 9.17) is 0 Å². The molecule has 4 rings (SSSR count). The number of hydrazine groups is 3. The van der Waals surface area contributed by atoms with Crippen molar-refractivity contribution in [3.8, 4) is 0 Å². The van der Waals surface area contributed by atoms with Crippen molar-refractivity contribution in [3.05, 3.63) is 77.8 Å². The molecule has 0 saturated heterocycles. The van der Waals surface area contributed by atoms with E-state index in [1.54, 1.807) is 11.3 Å². The lowest BCUT2D eigenvalue weighted by Gasteiger charge is -2.26. The van der Waals surface area contributed by atoms with Gasteiger partial charge in [0.2, 0.25) is 0 Å². The number of nitrogens with zero attached hydrogens (tertiary/aromatic N) is 5. The molecule has 0 saturated carbocycles. The van der Waals surface area contributed by atoms with Crippen LogP contribution in [0.1, 0.15) is 5.56 Å². The molecular formula is C18H18BrN5S. The summed E-state index contributed by atoms with van der Waals surface area (Å²) >= 11 is 1.62. The van der Waals surface area contributed by atoms with Gasteiger partial charge < -0.3 is 17.0 Å². The maximum absolute atomic E-state index is 4.55.